The topological polar surface area (TPSA) is 58.2 Å². The van der Waals surface area contributed by atoms with Gasteiger partial charge in [0.05, 0.1) is 5.57 Å². The highest BCUT2D eigenvalue weighted by Crippen LogP contribution is 2.13. The second-order valence-corrected chi connectivity index (χ2v) is 5.88. The fraction of sp³-hybridized carbons (Fsp3) is 0.0435. The highest BCUT2D eigenvalue weighted by Gasteiger charge is 2.19. The molecule has 0 atom stereocenters. The van der Waals surface area contributed by atoms with Crippen LogP contribution >= 0.6 is 0 Å². The van der Waals surface area contributed by atoms with Gasteiger partial charge in [-0.1, -0.05) is 66.7 Å². The summed E-state index contributed by atoms with van der Waals surface area (Å²) in [5.74, 6) is -0.733. The molecule has 2 N–H and O–H groups in total. The number of ketones is 1. The van der Waals surface area contributed by atoms with Crippen LogP contribution in [-0.2, 0) is 4.79 Å². The first-order valence-corrected chi connectivity index (χ1v) is 8.69. The minimum Gasteiger partial charge on any atom is -0.382 e. The molecule has 0 spiro atoms. The summed E-state index contributed by atoms with van der Waals surface area (Å²) in [6.45, 7) is 0.361. The number of amides is 1. The Hall–Kier alpha value is -3.66. The van der Waals surface area contributed by atoms with Gasteiger partial charge in [0.25, 0.3) is 5.91 Å². The summed E-state index contributed by atoms with van der Waals surface area (Å²) in [6.07, 6.45) is 1.63. The fourth-order valence-electron chi connectivity index (χ4n) is 2.58. The maximum Gasteiger partial charge on any atom is 0.259 e. The van der Waals surface area contributed by atoms with Crippen LogP contribution in [0.3, 0.4) is 0 Å². The van der Waals surface area contributed by atoms with Crippen molar-refractivity contribution in [2.45, 2.75) is 0 Å². The average molecular weight is 356 g/mol. The van der Waals surface area contributed by atoms with Crippen LogP contribution in [0.4, 0.5) is 11.4 Å². The number of benzene rings is 3. The van der Waals surface area contributed by atoms with Gasteiger partial charge in [0.2, 0.25) is 0 Å². The van der Waals surface area contributed by atoms with E-state index in [1.54, 1.807) is 42.5 Å². The van der Waals surface area contributed by atoms with E-state index in [1.165, 1.54) is 0 Å². The molecule has 4 heteroatoms. The second kappa shape index (κ2) is 9.15. The van der Waals surface area contributed by atoms with E-state index >= 15 is 0 Å². The maximum atomic E-state index is 12.9. The molecule has 0 aliphatic rings. The minimum atomic E-state index is -0.426. The number of hydrogen-bond donors (Lipinski definition) is 2. The van der Waals surface area contributed by atoms with Crippen LogP contribution in [0.15, 0.2) is 103 Å². The van der Waals surface area contributed by atoms with E-state index in [0.29, 0.717) is 17.8 Å². The van der Waals surface area contributed by atoms with E-state index in [-0.39, 0.29) is 11.4 Å². The molecule has 1 amide bonds. The van der Waals surface area contributed by atoms with Crippen molar-refractivity contribution in [2.24, 2.45) is 0 Å². The Labute approximate surface area is 158 Å². The zero-order valence-corrected chi connectivity index (χ0v) is 14.8. The van der Waals surface area contributed by atoms with Crippen LogP contribution in [0, 0.1) is 0 Å². The van der Waals surface area contributed by atoms with Crippen molar-refractivity contribution >= 4 is 23.1 Å². The molecule has 3 aromatic carbocycles. The number of para-hydroxylation sites is 2. The van der Waals surface area contributed by atoms with Crippen molar-refractivity contribution in [1.82, 2.24) is 0 Å². The van der Waals surface area contributed by atoms with E-state index in [4.69, 9.17) is 0 Å². The molecule has 4 nitrogen and oxygen atoms in total. The van der Waals surface area contributed by atoms with Gasteiger partial charge in [-0.2, -0.15) is 0 Å². The fourth-order valence-corrected chi connectivity index (χ4v) is 2.58. The van der Waals surface area contributed by atoms with Gasteiger partial charge in [-0.25, -0.2) is 0 Å². The van der Waals surface area contributed by atoms with Crippen molar-refractivity contribution in [2.75, 3.05) is 17.2 Å². The van der Waals surface area contributed by atoms with Gasteiger partial charge in [0, 0.05) is 23.5 Å². The maximum absolute atomic E-state index is 12.9. The lowest BCUT2D eigenvalue weighted by molar-refractivity contribution is -0.112. The van der Waals surface area contributed by atoms with Gasteiger partial charge >= 0.3 is 0 Å². The summed E-state index contributed by atoms with van der Waals surface area (Å²) in [7, 11) is 0. The van der Waals surface area contributed by atoms with E-state index in [2.05, 4.69) is 10.6 Å². The normalized spacial score (nSPS) is 10.9. The first-order chi connectivity index (χ1) is 13.2. The third-order valence-electron chi connectivity index (χ3n) is 3.94. The van der Waals surface area contributed by atoms with Gasteiger partial charge < -0.3 is 10.6 Å². The summed E-state index contributed by atoms with van der Waals surface area (Å²) in [6, 6.07) is 27.5. The van der Waals surface area contributed by atoms with E-state index in [0.717, 1.165) is 5.69 Å². The van der Waals surface area contributed by atoms with Crippen LogP contribution < -0.4 is 10.6 Å². The lowest BCUT2D eigenvalue weighted by Gasteiger charge is -2.10. The Balaban J connectivity index is 1.80. The third-order valence-corrected chi connectivity index (χ3v) is 3.94. The molecule has 3 rings (SSSR count). The van der Waals surface area contributed by atoms with Crippen LogP contribution in [0.5, 0.6) is 0 Å². The summed E-state index contributed by atoms with van der Waals surface area (Å²) in [5.41, 5.74) is 2.15. The van der Waals surface area contributed by atoms with E-state index < -0.39 is 5.91 Å². The van der Waals surface area contributed by atoms with Crippen LogP contribution in [0.2, 0.25) is 0 Å². The van der Waals surface area contributed by atoms with Gasteiger partial charge in [-0.3, -0.25) is 9.59 Å². The van der Waals surface area contributed by atoms with Gasteiger partial charge in [0.15, 0.2) is 5.78 Å². The van der Waals surface area contributed by atoms with Crippen molar-refractivity contribution in [3.05, 3.63) is 108 Å². The number of nitrogens with one attached hydrogen (secondary N) is 2. The monoisotopic (exact) mass is 356 g/mol. The first kappa shape index (κ1) is 18.1. The molecule has 27 heavy (non-hydrogen) atoms. The summed E-state index contributed by atoms with van der Waals surface area (Å²) in [4.78, 5) is 25.6. The zero-order chi connectivity index (χ0) is 18.9. The predicted molar refractivity (Wildman–Crippen MR) is 109 cm³/mol. The van der Waals surface area contributed by atoms with Gasteiger partial charge in [-0.05, 0) is 30.3 Å². The van der Waals surface area contributed by atoms with E-state index in [1.807, 2.05) is 54.6 Å². The quantitative estimate of drug-likeness (QED) is 0.283. The zero-order valence-electron chi connectivity index (χ0n) is 14.8. The summed E-state index contributed by atoms with van der Waals surface area (Å²) in [5, 5.41) is 5.98. The van der Waals surface area contributed by atoms with Gasteiger partial charge in [0.1, 0.15) is 0 Å². The van der Waals surface area contributed by atoms with Crippen molar-refractivity contribution in [3.63, 3.8) is 0 Å². The number of carbonyl (C=O) groups is 2. The lowest BCUT2D eigenvalue weighted by Crippen LogP contribution is -2.21. The number of rotatable bonds is 7. The molecular weight excluding hydrogens is 336 g/mol. The molecule has 0 fully saturated rings. The number of hydrogen-bond acceptors (Lipinski definition) is 3. The standard InChI is InChI=1S/C23H20N2O2/c26-22(18-10-4-1-5-11-18)21(16-17-24-19-12-6-2-7-13-19)23(27)25-20-14-8-3-9-15-20/h1-16,24H,17H2,(H,25,27). The van der Waals surface area contributed by atoms with Crippen molar-refractivity contribution in [3.8, 4) is 0 Å². The van der Waals surface area contributed by atoms with Crippen LogP contribution in [0.1, 0.15) is 10.4 Å². The molecule has 134 valence electrons. The Morgan fingerprint density at radius 3 is 1.81 bits per heavy atom. The Morgan fingerprint density at radius 1 is 0.704 bits per heavy atom. The summed E-state index contributed by atoms with van der Waals surface area (Å²) < 4.78 is 0. The first-order valence-electron chi connectivity index (χ1n) is 8.69. The molecule has 0 saturated heterocycles. The SMILES string of the molecule is O=C(Nc1ccccc1)C(=CCNc1ccccc1)C(=O)c1ccccc1. The number of Topliss-reactive ketones (excluding diaryl/α,β-unsaturated/α-hetero) is 1. The minimum absolute atomic E-state index is 0.105. The Kier molecular flexibility index (Phi) is 6.15. The average Bonchev–Trinajstić information content (AvgIpc) is 2.73. The molecule has 0 heterocycles. The molecule has 0 saturated carbocycles. The molecule has 3 aromatic rings. The van der Waals surface area contributed by atoms with Crippen molar-refractivity contribution in [1.29, 1.82) is 0 Å². The number of anilines is 2. The molecule has 0 aliphatic heterocycles. The molecule has 0 aromatic heterocycles. The summed E-state index contributed by atoms with van der Waals surface area (Å²) >= 11 is 0. The lowest BCUT2D eigenvalue weighted by atomic mass is 10.0. The third kappa shape index (κ3) is 5.16. The molecule has 0 radical (unpaired) electrons. The second-order valence-electron chi connectivity index (χ2n) is 5.88. The predicted octanol–water partition coefficient (Wildman–Crippen LogP) is 4.55. The molecular formula is C23H20N2O2. The van der Waals surface area contributed by atoms with E-state index in [9.17, 15) is 9.59 Å². The molecule has 0 aliphatic carbocycles. The number of carbonyl (C=O) groups excluding carboxylic acids is 2. The smallest absolute Gasteiger partial charge is 0.259 e. The van der Waals surface area contributed by atoms with Crippen LogP contribution in [0.25, 0.3) is 0 Å². The Morgan fingerprint density at radius 2 is 1.22 bits per heavy atom. The Bertz CT molecular complexity index is 920. The highest BCUT2D eigenvalue weighted by molar-refractivity contribution is 6.28. The van der Waals surface area contributed by atoms with Crippen molar-refractivity contribution < 1.29 is 9.59 Å². The largest absolute Gasteiger partial charge is 0.382 e. The molecule has 0 bridgehead atoms. The van der Waals surface area contributed by atoms with Crippen LogP contribution in [-0.4, -0.2) is 18.2 Å². The highest BCUT2D eigenvalue weighted by atomic mass is 16.2. The molecule has 0 unspecified atom stereocenters. The van der Waals surface area contributed by atoms with Gasteiger partial charge in [-0.15, -0.1) is 0 Å².